The standard InChI is InChI=1S/C10H18F3N/c1-9(2,3)8-5-7(6-14(8)4)10(11,12)13/h7-8H,5-6H2,1-4H3. The van der Waals surface area contributed by atoms with Gasteiger partial charge in [0.15, 0.2) is 0 Å². The van der Waals surface area contributed by atoms with E-state index in [1.54, 1.807) is 7.05 Å². The highest BCUT2D eigenvalue weighted by molar-refractivity contribution is 4.92. The Morgan fingerprint density at radius 2 is 1.64 bits per heavy atom. The molecule has 1 saturated heterocycles. The van der Waals surface area contributed by atoms with Gasteiger partial charge in [0.25, 0.3) is 0 Å². The van der Waals surface area contributed by atoms with Crippen molar-refractivity contribution < 1.29 is 13.2 Å². The Morgan fingerprint density at radius 1 is 1.14 bits per heavy atom. The number of rotatable bonds is 0. The molecule has 0 radical (unpaired) electrons. The van der Waals surface area contributed by atoms with Gasteiger partial charge in [0.2, 0.25) is 0 Å². The highest BCUT2D eigenvalue weighted by atomic mass is 19.4. The van der Waals surface area contributed by atoms with Crippen LogP contribution in [0.25, 0.3) is 0 Å². The third-order valence-electron chi connectivity index (χ3n) is 3.01. The first-order valence-electron chi connectivity index (χ1n) is 4.89. The van der Waals surface area contributed by atoms with Gasteiger partial charge in [-0.3, -0.25) is 0 Å². The van der Waals surface area contributed by atoms with Gasteiger partial charge in [0.1, 0.15) is 0 Å². The van der Waals surface area contributed by atoms with Crippen LogP contribution >= 0.6 is 0 Å². The first kappa shape index (κ1) is 11.8. The van der Waals surface area contributed by atoms with Gasteiger partial charge in [-0.05, 0) is 18.9 Å². The molecule has 0 aromatic carbocycles. The minimum Gasteiger partial charge on any atom is -0.302 e. The molecule has 0 amide bonds. The van der Waals surface area contributed by atoms with Crippen LogP contribution in [0, 0.1) is 11.3 Å². The van der Waals surface area contributed by atoms with Crippen molar-refractivity contribution >= 4 is 0 Å². The van der Waals surface area contributed by atoms with Gasteiger partial charge in [0.05, 0.1) is 5.92 Å². The van der Waals surface area contributed by atoms with Crippen molar-refractivity contribution in [2.75, 3.05) is 13.6 Å². The topological polar surface area (TPSA) is 3.24 Å². The van der Waals surface area contributed by atoms with Crippen LogP contribution in [0.5, 0.6) is 0 Å². The SMILES string of the molecule is CN1CC(C(F)(F)F)CC1C(C)(C)C. The summed E-state index contributed by atoms with van der Waals surface area (Å²) in [5, 5.41) is 0. The van der Waals surface area contributed by atoms with Gasteiger partial charge in [-0.15, -0.1) is 0 Å². The smallest absolute Gasteiger partial charge is 0.302 e. The average Bonchev–Trinajstić information content (AvgIpc) is 2.27. The summed E-state index contributed by atoms with van der Waals surface area (Å²) in [4.78, 5) is 1.83. The predicted octanol–water partition coefficient (Wildman–Crippen LogP) is 2.92. The molecule has 1 rings (SSSR count). The average molecular weight is 209 g/mol. The number of hydrogen-bond acceptors (Lipinski definition) is 1. The van der Waals surface area contributed by atoms with Crippen molar-refractivity contribution in [2.24, 2.45) is 11.3 Å². The van der Waals surface area contributed by atoms with Crippen LogP contribution < -0.4 is 0 Å². The fourth-order valence-corrected chi connectivity index (χ4v) is 2.25. The molecule has 84 valence electrons. The minimum atomic E-state index is -4.03. The van der Waals surface area contributed by atoms with E-state index in [-0.39, 0.29) is 24.4 Å². The molecule has 4 heteroatoms. The van der Waals surface area contributed by atoms with Crippen molar-refractivity contribution in [3.05, 3.63) is 0 Å². The first-order valence-corrected chi connectivity index (χ1v) is 4.89. The molecule has 1 nitrogen and oxygen atoms in total. The molecule has 0 aromatic rings. The van der Waals surface area contributed by atoms with Crippen LogP contribution in [0.1, 0.15) is 27.2 Å². The molecule has 2 atom stereocenters. The summed E-state index contributed by atoms with van der Waals surface area (Å²) in [5.41, 5.74) is -0.0747. The molecule has 1 aliphatic rings. The third kappa shape index (κ3) is 2.41. The first-order chi connectivity index (χ1) is 6.12. The lowest BCUT2D eigenvalue weighted by Crippen LogP contribution is -2.36. The van der Waals surface area contributed by atoms with Gasteiger partial charge in [0, 0.05) is 12.6 Å². The second-order valence-electron chi connectivity index (χ2n) is 5.30. The molecule has 1 heterocycles. The Labute approximate surface area is 83.3 Å². The summed E-state index contributed by atoms with van der Waals surface area (Å²) >= 11 is 0. The second-order valence-corrected chi connectivity index (χ2v) is 5.30. The monoisotopic (exact) mass is 209 g/mol. The lowest BCUT2D eigenvalue weighted by Gasteiger charge is -2.32. The van der Waals surface area contributed by atoms with E-state index < -0.39 is 12.1 Å². The van der Waals surface area contributed by atoms with Crippen molar-refractivity contribution in [1.82, 2.24) is 4.90 Å². The van der Waals surface area contributed by atoms with E-state index in [0.29, 0.717) is 0 Å². The quantitative estimate of drug-likeness (QED) is 0.593. The van der Waals surface area contributed by atoms with Gasteiger partial charge in [-0.25, -0.2) is 0 Å². The molecule has 0 aromatic heterocycles. The maximum Gasteiger partial charge on any atom is 0.393 e. The molecule has 0 bridgehead atoms. The van der Waals surface area contributed by atoms with E-state index in [9.17, 15) is 13.2 Å². The van der Waals surface area contributed by atoms with Crippen LogP contribution in [-0.2, 0) is 0 Å². The second kappa shape index (κ2) is 3.40. The van der Waals surface area contributed by atoms with E-state index >= 15 is 0 Å². The zero-order valence-electron chi connectivity index (χ0n) is 9.15. The lowest BCUT2D eigenvalue weighted by atomic mass is 9.84. The molecule has 0 N–H and O–H groups in total. The molecule has 0 saturated carbocycles. The normalized spacial score (nSPS) is 31.1. The Bertz CT molecular complexity index is 204. The molecule has 1 fully saturated rings. The molecule has 0 spiro atoms. The molecule has 0 aliphatic carbocycles. The lowest BCUT2D eigenvalue weighted by molar-refractivity contribution is -0.170. The summed E-state index contributed by atoms with van der Waals surface area (Å²) in [6.07, 6.45) is -3.79. The molecule has 14 heavy (non-hydrogen) atoms. The maximum atomic E-state index is 12.5. The van der Waals surface area contributed by atoms with Crippen molar-refractivity contribution in [3.63, 3.8) is 0 Å². The van der Waals surface area contributed by atoms with Crippen molar-refractivity contribution in [1.29, 1.82) is 0 Å². The van der Waals surface area contributed by atoms with Gasteiger partial charge in [-0.2, -0.15) is 13.2 Å². The molecular formula is C10H18F3N. The third-order valence-corrected chi connectivity index (χ3v) is 3.01. The van der Waals surface area contributed by atoms with Crippen LogP contribution in [0.3, 0.4) is 0 Å². The Morgan fingerprint density at radius 3 is 1.86 bits per heavy atom. The number of nitrogens with zero attached hydrogens (tertiary/aromatic N) is 1. The zero-order chi connectivity index (χ0) is 11.1. The van der Waals surface area contributed by atoms with Crippen molar-refractivity contribution in [2.45, 2.75) is 39.4 Å². The molecule has 2 unspecified atom stereocenters. The van der Waals surface area contributed by atoms with E-state index in [4.69, 9.17) is 0 Å². The molecule has 1 aliphatic heterocycles. The summed E-state index contributed by atoms with van der Waals surface area (Å²) < 4.78 is 37.4. The number of likely N-dealkylation sites (tertiary alicyclic amines) is 1. The highest BCUT2D eigenvalue weighted by Gasteiger charge is 2.48. The van der Waals surface area contributed by atoms with E-state index in [1.165, 1.54) is 0 Å². The summed E-state index contributed by atoms with van der Waals surface area (Å²) in [6.45, 7) is 6.12. The highest BCUT2D eigenvalue weighted by Crippen LogP contribution is 2.41. The Balaban J connectivity index is 2.70. The number of alkyl halides is 3. The number of hydrogen-bond donors (Lipinski definition) is 0. The fraction of sp³-hybridized carbons (Fsp3) is 1.00. The largest absolute Gasteiger partial charge is 0.393 e. The summed E-state index contributed by atoms with van der Waals surface area (Å²) in [5.74, 6) is -1.14. The van der Waals surface area contributed by atoms with E-state index in [1.807, 2.05) is 25.7 Å². The summed E-state index contributed by atoms with van der Waals surface area (Å²) in [7, 11) is 1.78. The van der Waals surface area contributed by atoms with E-state index in [0.717, 1.165) is 0 Å². The van der Waals surface area contributed by atoms with Gasteiger partial charge in [-0.1, -0.05) is 20.8 Å². The number of halogens is 3. The van der Waals surface area contributed by atoms with Gasteiger partial charge >= 0.3 is 6.18 Å². The zero-order valence-corrected chi connectivity index (χ0v) is 9.15. The van der Waals surface area contributed by atoms with Crippen LogP contribution in [0.4, 0.5) is 13.2 Å². The fourth-order valence-electron chi connectivity index (χ4n) is 2.25. The molecular weight excluding hydrogens is 191 g/mol. The van der Waals surface area contributed by atoms with Crippen molar-refractivity contribution in [3.8, 4) is 0 Å². The van der Waals surface area contributed by atoms with E-state index in [2.05, 4.69) is 0 Å². The minimum absolute atomic E-state index is 0.0362. The van der Waals surface area contributed by atoms with Gasteiger partial charge < -0.3 is 4.90 Å². The Kier molecular flexibility index (Phi) is 2.87. The predicted molar refractivity (Wildman–Crippen MR) is 50.0 cm³/mol. The Hall–Kier alpha value is -0.250. The summed E-state index contributed by atoms with van der Waals surface area (Å²) in [6, 6.07) is 0.0362. The maximum absolute atomic E-state index is 12.5. The van der Waals surface area contributed by atoms with Crippen LogP contribution in [0.15, 0.2) is 0 Å². The van der Waals surface area contributed by atoms with Crippen LogP contribution in [0.2, 0.25) is 0 Å². The van der Waals surface area contributed by atoms with Crippen LogP contribution in [-0.4, -0.2) is 30.7 Å².